The number of benzene rings is 1. The van der Waals surface area contributed by atoms with Crippen molar-refractivity contribution in [2.24, 2.45) is 0 Å². The van der Waals surface area contributed by atoms with Crippen LogP contribution in [0.5, 0.6) is 0 Å². The predicted molar refractivity (Wildman–Crippen MR) is 52.5 cm³/mol. The van der Waals surface area contributed by atoms with Gasteiger partial charge in [0, 0.05) is 10.6 Å². The zero-order valence-corrected chi connectivity index (χ0v) is 7.81. The number of rotatable bonds is 1. The van der Waals surface area contributed by atoms with Crippen molar-refractivity contribution >= 4 is 17.5 Å². The maximum Gasteiger partial charge on any atom is 0.259 e. The van der Waals surface area contributed by atoms with E-state index in [1.807, 2.05) is 0 Å². The number of anilines is 1. The van der Waals surface area contributed by atoms with Crippen LogP contribution in [0.15, 0.2) is 24.3 Å². The van der Waals surface area contributed by atoms with E-state index in [2.05, 4.69) is 20.4 Å². The highest BCUT2D eigenvalue weighted by Crippen LogP contribution is 2.16. The molecule has 2 N–H and O–H groups in total. The summed E-state index contributed by atoms with van der Waals surface area (Å²) >= 11 is 5.73. The van der Waals surface area contributed by atoms with Gasteiger partial charge in [0.1, 0.15) is 0 Å². The van der Waals surface area contributed by atoms with E-state index < -0.39 is 0 Å². The highest BCUT2D eigenvalue weighted by Gasteiger charge is 2.01. The largest absolute Gasteiger partial charge is 0.365 e. The predicted octanol–water partition coefficient (Wildman–Crippen LogP) is 1.17. The molecular weight excluding hydrogens is 202 g/mol. The van der Waals surface area contributed by atoms with E-state index in [9.17, 15) is 0 Å². The van der Waals surface area contributed by atoms with Crippen molar-refractivity contribution in [2.45, 2.75) is 0 Å². The van der Waals surface area contributed by atoms with Gasteiger partial charge in [0.15, 0.2) is 0 Å². The molecule has 0 atom stereocenters. The Kier molecular flexibility index (Phi) is 2.24. The summed E-state index contributed by atoms with van der Waals surface area (Å²) in [5.74, 6) is 0.485. The van der Waals surface area contributed by atoms with Crippen molar-refractivity contribution in [1.29, 1.82) is 0 Å². The van der Waals surface area contributed by atoms with Crippen LogP contribution in [0.1, 0.15) is 0 Å². The molecule has 0 fully saturated rings. The summed E-state index contributed by atoms with van der Waals surface area (Å²) in [6, 6.07) is 7.07. The Balaban J connectivity index is 2.40. The number of nitrogens with two attached hydrogens (primary N) is 1. The second-order valence-corrected chi connectivity index (χ2v) is 3.03. The minimum absolute atomic E-state index is 0.0581. The van der Waals surface area contributed by atoms with Crippen LogP contribution in [-0.2, 0) is 0 Å². The highest BCUT2D eigenvalue weighted by atomic mass is 35.5. The first-order chi connectivity index (χ1) is 6.75. The first-order valence-corrected chi connectivity index (χ1v) is 4.22. The number of hydrogen-bond acceptors (Lipinski definition) is 5. The molecule has 0 aliphatic heterocycles. The SMILES string of the molecule is Nc1nnc(-c2ccc(Cl)cc2)nn1. The Bertz CT molecular complexity index is 381. The zero-order chi connectivity index (χ0) is 9.97. The smallest absolute Gasteiger partial charge is 0.259 e. The van der Waals surface area contributed by atoms with E-state index in [1.54, 1.807) is 24.3 Å². The van der Waals surface area contributed by atoms with Crippen molar-refractivity contribution in [3.8, 4) is 11.4 Å². The van der Waals surface area contributed by atoms with Crippen molar-refractivity contribution < 1.29 is 0 Å². The van der Waals surface area contributed by atoms with Gasteiger partial charge in [-0.05, 0) is 24.3 Å². The Labute approximate surface area is 84.9 Å². The molecule has 0 saturated heterocycles. The molecule has 0 spiro atoms. The maximum atomic E-state index is 5.73. The highest BCUT2D eigenvalue weighted by molar-refractivity contribution is 6.30. The van der Waals surface area contributed by atoms with Crippen LogP contribution < -0.4 is 5.73 Å². The van der Waals surface area contributed by atoms with E-state index >= 15 is 0 Å². The van der Waals surface area contributed by atoms with E-state index in [0.29, 0.717) is 10.8 Å². The van der Waals surface area contributed by atoms with Gasteiger partial charge in [0.25, 0.3) is 5.95 Å². The molecular formula is C8H6ClN5. The van der Waals surface area contributed by atoms with Gasteiger partial charge >= 0.3 is 0 Å². The van der Waals surface area contributed by atoms with Crippen molar-refractivity contribution in [1.82, 2.24) is 20.4 Å². The fourth-order valence-corrected chi connectivity index (χ4v) is 1.08. The van der Waals surface area contributed by atoms with Crippen LogP contribution in [0.4, 0.5) is 5.95 Å². The van der Waals surface area contributed by atoms with Crippen LogP contribution in [0.25, 0.3) is 11.4 Å². The molecule has 14 heavy (non-hydrogen) atoms. The molecule has 6 heteroatoms. The van der Waals surface area contributed by atoms with Gasteiger partial charge in [-0.25, -0.2) is 0 Å². The molecule has 0 radical (unpaired) electrons. The Hall–Kier alpha value is -1.75. The number of aromatic nitrogens is 4. The third-order valence-electron chi connectivity index (χ3n) is 1.60. The standard InChI is InChI=1S/C8H6ClN5/c9-6-3-1-5(2-4-6)7-11-13-8(10)14-12-7/h1-4H,(H2,10,13,14). The molecule has 2 rings (SSSR count). The van der Waals surface area contributed by atoms with Gasteiger partial charge < -0.3 is 5.73 Å². The number of hydrogen-bond donors (Lipinski definition) is 1. The molecule has 0 aliphatic rings. The fourth-order valence-electron chi connectivity index (χ4n) is 0.952. The van der Waals surface area contributed by atoms with E-state index in [1.165, 1.54) is 0 Å². The number of halogens is 1. The lowest BCUT2D eigenvalue weighted by molar-refractivity contribution is 0.881. The average molecular weight is 208 g/mol. The average Bonchev–Trinajstić information content (AvgIpc) is 2.21. The van der Waals surface area contributed by atoms with E-state index in [4.69, 9.17) is 17.3 Å². The third kappa shape index (κ3) is 1.77. The number of nitrogen functional groups attached to an aromatic ring is 1. The lowest BCUT2D eigenvalue weighted by atomic mass is 10.2. The van der Waals surface area contributed by atoms with E-state index in [-0.39, 0.29) is 5.95 Å². The Morgan fingerprint density at radius 3 is 2.07 bits per heavy atom. The summed E-state index contributed by atoms with van der Waals surface area (Å²) in [5, 5.41) is 15.4. The molecule has 0 unspecified atom stereocenters. The molecule has 1 aromatic heterocycles. The molecule has 2 aromatic rings. The molecule has 0 amide bonds. The lowest BCUT2D eigenvalue weighted by Gasteiger charge is -1.97. The van der Waals surface area contributed by atoms with Gasteiger partial charge in [0.2, 0.25) is 5.82 Å². The summed E-state index contributed by atoms with van der Waals surface area (Å²) in [4.78, 5) is 0. The van der Waals surface area contributed by atoms with Crippen molar-refractivity contribution in [3.63, 3.8) is 0 Å². The maximum absolute atomic E-state index is 5.73. The van der Waals surface area contributed by atoms with E-state index in [0.717, 1.165) is 5.56 Å². The zero-order valence-electron chi connectivity index (χ0n) is 7.05. The molecule has 1 heterocycles. The monoisotopic (exact) mass is 207 g/mol. The van der Waals surface area contributed by atoms with Gasteiger partial charge in [-0.2, -0.15) is 0 Å². The van der Waals surface area contributed by atoms with Gasteiger partial charge in [-0.1, -0.05) is 11.6 Å². The Morgan fingerprint density at radius 2 is 1.50 bits per heavy atom. The molecule has 1 aromatic carbocycles. The second kappa shape index (κ2) is 3.55. The topological polar surface area (TPSA) is 77.6 Å². The van der Waals surface area contributed by atoms with Crippen LogP contribution in [-0.4, -0.2) is 20.4 Å². The molecule has 0 aliphatic carbocycles. The summed E-state index contributed by atoms with van der Waals surface area (Å²) in [5.41, 5.74) is 6.06. The van der Waals surface area contributed by atoms with Crippen LogP contribution in [0.3, 0.4) is 0 Å². The summed E-state index contributed by atoms with van der Waals surface area (Å²) in [7, 11) is 0. The van der Waals surface area contributed by atoms with Crippen molar-refractivity contribution in [2.75, 3.05) is 5.73 Å². The van der Waals surface area contributed by atoms with Gasteiger partial charge in [-0.3, -0.25) is 0 Å². The first-order valence-electron chi connectivity index (χ1n) is 3.84. The van der Waals surface area contributed by atoms with Gasteiger partial charge in [0.05, 0.1) is 0 Å². The van der Waals surface area contributed by atoms with Crippen molar-refractivity contribution in [3.05, 3.63) is 29.3 Å². The van der Waals surface area contributed by atoms with Crippen LogP contribution >= 0.6 is 11.6 Å². The first kappa shape index (κ1) is 8.83. The molecule has 0 bridgehead atoms. The minimum Gasteiger partial charge on any atom is -0.365 e. The summed E-state index contributed by atoms with van der Waals surface area (Å²) < 4.78 is 0. The molecule has 5 nitrogen and oxygen atoms in total. The minimum atomic E-state index is 0.0581. The molecule has 70 valence electrons. The van der Waals surface area contributed by atoms with Gasteiger partial charge in [-0.15, -0.1) is 20.4 Å². The molecule has 0 saturated carbocycles. The fraction of sp³-hybridized carbons (Fsp3) is 0. The third-order valence-corrected chi connectivity index (χ3v) is 1.85. The van der Waals surface area contributed by atoms with Crippen LogP contribution in [0.2, 0.25) is 5.02 Å². The second-order valence-electron chi connectivity index (χ2n) is 2.59. The summed E-state index contributed by atoms with van der Waals surface area (Å²) in [6.07, 6.45) is 0. The quantitative estimate of drug-likeness (QED) is 0.760. The normalized spacial score (nSPS) is 10.1. The summed E-state index contributed by atoms with van der Waals surface area (Å²) in [6.45, 7) is 0. The number of nitrogens with zero attached hydrogens (tertiary/aromatic N) is 4. The Morgan fingerprint density at radius 1 is 0.929 bits per heavy atom. The van der Waals surface area contributed by atoms with Crippen LogP contribution in [0, 0.1) is 0 Å². The lowest BCUT2D eigenvalue weighted by Crippen LogP contribution is -2.01.